The molecule has 4 heteroatoms. The largest absolute Gasteiger partial charge is 0.395 e. The van der Waals surface area contributed by atoms with E-state index in [9.17, 15) is 0 Å². The Hall–Kier alpha value is -1.42. The molecule has 100 valence electrons. The molecule has 0 saturated carbocycles. The van der Waals surface area contributed by atoms with Crippen molar-refractivity contribution in [3.05, 3.63) is 53.3 Å². The van der Waals surface area contributed by atoms with Crippen LogP contribution in [0, 0.1) is 0 Å². The first kappa shape index (κ1) is 14.0. The standard InChI is InChI=1S/C15H17ClN2O/c1-11(10-19)18-9-14-13(7-8-17-15(14)16)12-5-3-2-4-6-12/h2-8,11,18-19H,9-10H2,1H3. The second kappa shape index (κ2) is 6.66. The molecule has 0 bridgehead atoms. The molecule has 1 heterocycles. The monoisotopic (exact) mass is 276 g/mol. The normalized spacial score (nSPS) is 12.4. The zero-order valence-corrected chi connectivity index (χ0v) is 11.6. The summed E-state index contributed by atoms with van der Waals surface area (Å²) in [6, 6.07) is 12.1. The van der Waals surface area contributed by atoms with Gasteiger partial charge in [-0.3, -0.25) is 0 Å². The minimum Gasteiger partial charge on any atom is -0.395 e. The van der Waals surface area contributed by atoms with E-state index >= 15 is 0 Å². The fraction of sp³-hybridized carbons (Fsp3) is 0.267. The fourth-order valence-electron chi connectivity index (χ4n) is 1.86. The molecule has 2 N–H and O–H groups in total. The van der Waals surface area contributed by atoms with Crippen molar-refractivity contribution in [2.45, 2.75) is 19.5 Å². The first-order valence-electron chi connectivity index (χ1n) is 6.25. The van der Waals surface area contributed by atoms with Crippen LogP contribution in [0.1, 0.15) is 12.5 Å². The third-order valence-electron chi connectivity index (χ3n) is 2.99. The summed E-state index contributed by atoms with van der Waals surface area (Å²) >= 11 is 6.19. The highest BCUT2D eigenvalue weighted by Gasteiger charge is 2.10. The van der Waals surface area contributed by atoms with Gasteiger partial charge in [-0.2, -0.15) is 0 Å². The molecule has 2 aromatic rings. The molecule has 0 aliphatic rings. The van der Waals surface area contributed by atoms with Crippen LogP contribution in [0.4, 0.5) is 0 Å². The zero-order valence-electron chi connectivity index (χ0n) is 10.8. The average molecular weight is 277 g/mol. The van der Waals surface area contributed by atoms with Crippen molar-refractivity contribution in [3.8, 4) is 11.1 Å². The van der Waals surface area contributed by atoms with Gasteiger partial charge in [-0.1, -0.05) is 41.9 Å². The van der Waals surface area contributed by atoms with E-state index in [1.165, 1.54) is 0 Å². The van der Waals surface area contributed by atoms with Gasteiger partial charge in [-0.25, -0.2) is 4.98 Å². The Morgan fingerprint density at radius 3 is 2.68 bits per heavy atom. The van der Waals surface area contributed by atoms with Crippen LogP contribution in [0.15, 0.2) is 42.6 Å². The van der Waals surface area contributed by atoms with E-state index in [0.717, 1.165) is 16.7 Å². The van der Waals surface area contributed by atoms with Crippen LogP contribution < -0.4 is 5.32 Å². The molecule has 0 amide bonds. The lowest BCUT2D eigenvalue weighted by atomic mass is 10.0. The molecule has 0 radical (unpaired) electrons. The van der Waals surface area contributed by atoms with Gasteiger partial charge in [-0.15, -0.1) is 0 Å². The van der Waals surface area contributed by atoms with Gasteiger partial charge in [-0.05, 0) is 24.1 Å². The number of benzene rings is 1. The molecule has 0 saturated heterocycles. The van der Waals surface area contributed by atoms with E-state index < -0.39 is 0 Å². The third kappa shape index (κ3) is 3.53. The quantitative estimate of drug-likeness (QED) is 0.826. The van der Waals surface area contributed by atoms with E-state index in [0.29, 0.717) is 11.7 Å². The maximum Gasteiger partial charge on any atom is 0.134 e. The van der Waals surface area contributed by atoms with Crippen LogP contribution in [0.3, 0.4) is 0 Å². The highest BCUT2D eigenvalue weighted by atomic mass is 35.5. The maximum atomic E-state index is 9.06. The smallest absolute Gasteiger partial charge is 0.134 e. The molecule has 0 fully saturated rings. The number of nitrogens with one attached hydrogen (secondary N) is 1. The molecule has 0 aliphatic carbocycles. The second-order valence-electron chi connectivity index (χ2n) is 4.46. The molecule has 3 nitrogen and oxygen atoms in total. The highest BCUT2D eigenvalue weighted by molar-refractivity contribution is 6.30. The van der Waals surface area contributed by atoms with Crippen LogP contribution in [0.2, 0.25) is 5.15 Å². The number of pyridine rings is 1. The minimum absolute atomic E-state index is 0.0277. The first-order chi connectivity index (χ1) is 9.22. The number of aromatic nitrogens is 1. The molecule has 2 rings (SSSR count). The number of hydrogen-bond acceptors (Lipinski definition) is 3. The summed E-state index contributed by atoms with van der Waals surface area (Å²) < 4.78 is 0. The number of halogens is 1. The first-order valence-corrected chi connectivity index (χ1v) is 6.63. The lowest BCUT2D eigenvalue weighted by Crippen LogP contribution is -2.29. The summed E-state index contributed by atoms with van der Waals surface area (Å²) in [6.45, 7) is 2.60. The summed E-state index contributed by atoms with van der Waals surface area (Å²) in [4.78, 5) is 4.13. The highest BCUT2D eigenvalue weighted by Crippen LogP contribution is 2.27. The predicted molar refractivity (Wildman–Crippen MR) is 78.1 cm³/mol. The zero-order chi connectivity index (χ0) is 13.7. The predicted octanol–water partition coefficient (Wildman–Crippen LogP) is 2.87. The van der Waals surface area contributed by atoms with Crippen molar-refractivity contribution in [2.75, 3.05) is 6.61 Å². The Kier molecular flexibility index (Phi) is 4.91. The van der Waals surface area contributed by atoms with Gasteiger partial charge < -0.3 is 10.4 Å². The van der Waals surface area contributed by atoms with E-state index in [-0.39, 0.29) is 12.6 Å². The van der Waals surface area contributed by atoms with Crippen LogP contribution in [-0.2, 0) is 6.54 Å². The van der Waals surface area contributed by atoms with Crippen LogP contribution in [0.25, 0.3) is 11.1 Å². The topological polar surface area (TPSA) is 45.1 Å². The average Bonchev–Trinajstić information content (AvgIpc) is 2.46. The van der Waals surface area contributed by atoms with E-state index in [2.05, 4.69) is 10.3 Å². The summed E-state index contributed by atoms with van der Waals surface area (Å²) in [6.07, 6.45) is 1.71. The van der Waals surface area contributed by atoms with E-state index in [1.807, 2.05) is 43.3 Å². The summed E-state index contributed by atoms with van der Waals surface area (Å²) in [5.41, 5.74) is 3.13. The van der Waals surface area contributed by atoms with E-state index in [1.54, 1.807) is 6.20 Å². The molecule has 1 atom stereocenters. The van der Waals surface area contributed by atoms with Gasteiger partial charge in [0.05, 0.1) is 6.61 Å². The van der Waals surface area contributed by atoms with Crippen molar-refractivity contribution in [3.63, 3.8) is 0 Å². The Balaban J connectivity index is 2.31. The Labute approximate surface area is 118 Å². The molecule has 19 heavy (non-hydrogen) atoms. The van der Waals surface area contributed by atoms with Crippen molar-refractivity contribution in [1.82, 2.24) is 10.3 Å². The Morgan fingerprint density at radius 1 is 1.26 bits per heavy atom. The van der Waals surface area contributed by atoms with Crippen molar-refractivity contribution in [1.29, 1.82) is 0 Å². The van der Waals surface area contributed by atoms with Gasteiger partial charge in [0.25, 0.3) is 0 Å². The number of hydrogen-bond donors (Lipinski definition) is 2. The van der Waals surface area contributed by atoms with Gasteiger partial charge in [0.2, 0.25) is 0 Å². The number of aliphatic hydroxyl groups excluding tert-OH is 1. The molecular weight excluding hydrogens is 260 g/mol. The van der Waals surface area contributed by atoms with Gasteiger partial charge in [0.1, 0.15) is 5.15 Å². The number of rotatable bonds is 5. The lowest BCUT2D eigenvalue weighted by Gasteiger charge is -2.15. The van der Waals surface area contributed by atoms with Gasteiger partial charge in [0, 0.05) is 24.3 Å². The van der Waals surface area contributed by atoms with Crippen LogP contribution in [0.5, 0.6) is 0 Å². The van der Waals surface area contributed by atoms with Crippen LogP contribution in [-0.4, -0.2) is 22.7 Å². The van der Waals surface area contributed by atoms with Crippen molar-refractivity contribution >= 4 is 11.6 Å². The SMILES string of the molecule is CC(CO)NCc1c(-c2ccccc2)ccnc1Cl. The van der Waals surface area contributed by atoms with E-state index in [4.69, 9.17) is 16.7 Å². The summed E-state index contributed by atoms with van der Waals surface area (Å²) in [5.74, 6) is 0. The minimum atomic E-state index is 0.0277. The van der Waals surface area contributed by atoms with Crippen LogP contribution >= 0.6 is 11.6 Å². The second-order valence-corrected chi connectivity index (χ2v) is 4.82. The van der Waals surface area contributed by atoms with Gasteiger partial charge in [0.15, 0.2) is 0 Å². The van der Waals surface area contributed by atoms with Crippen molar-refractivity contribution in [2.24, 2.45) is 0 Å². The van der Waals surface area contributed by atoms with Gasteiger partial charge >= 0.3 is 0 Å². The Bertz CT molecular complexity index is 531. The third-order valence-corrected chi connectivity index (χ3v) is 3.31. The van der Waals surface area contributed by atoms with Crippen molar-refractivity contribution < 1.29 is 5.11 Å². The molecule has 1 unspecified atom stereocenters. The Morgan fingerprint density at radius 2 is 2.00 bits per heavy atom. The number of nitrogens with zero attached hydrogens (tertiary/aromatic N) is 1. The molecular formula is C15H17ClN2O. The molecule has 0 spiro atoms. The number of aliphatic hydroxyl groups is 1. The maximum absolute atomic E-state index is 9.06. The molecule has 1 aromatic heterocycles. The fourth-order valence-corrected chi connectivity index (χ4v) is 2.09. The lowest BCUT2D eigenvalue weighted by molar-refractivity contribution is 0.251. The summed E-state index contributed by atoms with van der Waals surface area (Å²) in [5, 5.41) is 12.8. The molecule has 0 aliphatic heterocycles. The summed E-state index contributed by atoms with van der Waals surface area (Å²) in [7, 11) is 0. The molecule has 1 aromatic carbocycles.